The Morgan fingerprint density at radius 3 is 2.63 bits per heavy atom. The highest BCUT2D eigenvalue weighted by molar-refractivity contribution is 7.97. The van der Waals surface area contributed by atoms with Gasteiger partial charge >= 0.3 is 5.97 Å². The summed E-state index contributed by atoms with van der Waals surface area (Å²) in [6, 6.07) is 12.5. The number of rotatable bonds is 8. The molecule has 1 saturated heterocycles. The Bertz CT molecular complexity index is 1270. The Morgan fingerprint density at radius 2 is 1.89 bits per heavy atom. The Morgan fingerprint density at radius 1 is 1.13 bits per heavy atom. The monoisotopic (exact) mass is 581 g/mol. The molecule has 3 heterocycles. The van der Waals surface area contributed by atoms with E-state index in [4.69, 9.17) is 33.3 Å². The number of alkyl halides is 2. The molecule has 2 aromatic carbocycles. The van der Waals surface area contributed by atoms with Gasteiger partial charge in [-0.25, -0.2) is 13.2 Å². The second-order valence-corrected chi connectivity index (χ2v) is 11.4. The molecule has 3 aliphatic heterocycles. The number of piperidine rings is 1. The van der Waals surface area contributed by atoms with Gasteiger partial charge in [0.1, 0.15) is 12.7 Å². The van der Waals surface area contributed by atoms with Gasteiger partial charge < -0.3 is 14.9 Å². The molecule has 0 bridgehead atoms. The van der Waals surface area contributed by atoms with E-state index in [2.05, 4.69) is 4.90 Å². The van der Waals surface area contributed by atoms with E-state index in [-0.39, 0.29) is 25.7 Å². The van der Waals surface area contributed by atoms with E-state index in [0.29, 0.717) is 53.6 Å². The zero-order chi connectivity index (χ0) is 26.9. The summed E-state index contributed by atoms with van der Waals surface area (Å²) in [7, 11) is 0. The number of carboxylic acids is 1. The summed E-state index contributed by atoms with van der Waals surface area (Å²) in [5.74, 6) is -2.12. The molecule has 5 rings (SSSR count). The van der Waals surface area contributed by atoms with Crippen LogP contribution in [0.1, 0.15) is 36.8 Å². The van der Waals surface area contributed by atoms with Crippen molar-refractivity contribution in [3.8, 4) is 0 Å². The van der Waals surface area contributed by atoms with E-state index < -0.39 is 17.9 Å². The second kappa shape index (κ2) is 11.4. The average Bonchev–Trinajstić information content (AvgIpc) is 3.24. The quantitative estimate of drug-likeness (QED) is 0.394. The SMILES string of the molecule is O=C(O)CC[C@@H]1N=C(c2ccccc2Cl)c2cc(Cl)ccc2N2CN(SCCN3CCC(F)(F)CC3)N=C12. The van der Waals surface area contributed by atoms with Crippen LogP contribution in [0.5, 0.6) is 0 Å². The maximum atomic E-state index is 13.5. The lowest BCUT2D eigenvalue weighted by Gasteiger charge is -2.31. The van der Waals surface area contributed by atoms with Gasteiger partial charge in [0.25, 0.3) is 5.92 Å². The van der Waals surface area contributed by atoms with Crippen LogP contribution in [0.2, 0.25) is 10.0 Å². The standard InChI is InChI=1S/C26H27Cl2F2N5O2S/c27-17-5-7-22-19(15-17)24(18-3-1-2-4-20(18)28)31-21(6-8-23(36)37)25-32-35(16-34(22)25)38-14-13-33-11-9-26(29,30)10-12-33/h1-5,7,15,21H,6,8-14,16H2,(H,36,37)/t21-/m0/s1. The maximum absolute atomic E-state index is 13.5. The largest absolute Gasteiger partial charge is 0.481 e. The number of fused-ring (bicyclic) bond motifs is 3. The van der Waals surface area contributed by atoms with Gasteiger partial charge in [0.15, 0.2) is 5.84 Å². The molecule has 0 amide bonds. The zero-order valence-electron chi connectivity index (χ0n) is 20.5. The van der Waals surface area contributed by atoms with Gasteiger partial charge in [-0.15, -0.1) is 5.10 Å². The molecule has 0 unspecified atom stereocenters. The van der Waals surface area contributed by atoms with E-state index >= 15 is 0 Å². The van der Waals surface area contributed by atoms with Gasteiger partial charge in [-0.3, -0.25) is 9.79 Å². The molecule has 2 aromatic rings. The maximum Gasteiger partial charge on any atom is 0.303 e. The van der Waals surface area contributed by atoms with Crippen LogP contribution in [0.4, 0.5) is 14.5 Å². The molecule has 1 N–H and O–H groups in total. The highest BCUT2D eigenvalue weighted by Gasteiger charge is 2.37. The number of nitrogens with zero attached hydrogens (tertiary/aromatic N) is 5. The molecule has 1 fully saturated rings. The summed E-state index contributed by atoms with van der Waals surface area (Å²) < 4.78 is 28.8. The Hall–Kier alpha value is -2.40. The van der Waals surface area contributed by atoms with Crippen molar-refractivity contribution in [2.45, 2.75) is 37.6 Å². The first-order chi connectivity index (χ1) is 18.2. The lowest BCUT2D eigenvalue weighted by molar-refractivity contribution is -0.137. The fraction of sp³-hybridized carbons (Fsp3) is 0.423. The van der Waals surface area contributed by atoms with Crippen molar-refractivity contribution in [3.05, 3.63) is 63.6 Å². The number of hydrazone groups is 1. The molecule has 202 valence electrons. The van der Waals surface area contributed by atoms with E-state index in [0.717, 1.165) is 16.8 Å². The summed E-state index contributed by atoms with van der Waals surface area (Å²) in [5, 5.41) is 15.3. The summed E-state index contributed by atoms with van der Waals surface area (Å²) in [6.45, 7) is 1.89. The minimum atomic E-state index is -2.56. The fourth-order valence-corrected chi connectivity index (χ4v) is 6.11. The van der Waals surface area contributed by atoms with Gasteiger partial charge in [-0.1, -0.05) is 41.4 Å². The van der Waals surface area contributed by atoms with Gasteiger partial charge in [0.05, 0.1) is 11.4 Å². The van der Waals surface area contributed by atoms with E-state index in [1.165, 1.54) is 11.9 Å². The minimum absolute atomic E-state index is 0.0688. The first-order valence-corrected chi connectivity index (χ1v) is 14.1. The molecule has 3 aliphatic rings. The number of hydrogen-bond donors (Lipinski definition) is 1. The van der Waals surface area contributed by atoms with Gasteiger partial charge in [0.2, 0.25) is 0 Å². The van der Waals surface area contributed by atoms with Crippen molar-refractivity contribution in [2.75, 3.05) is 37.0 Å². The van der Waals surface area contributed by atoms with Gasteiger partial charge in [-0.2, -0.15) is 0 Å². The van der Waals surface area contributed by atoms with Crippen LogP contribution < -0.4 is 4.90 Å². The van der Waals surface area contributed by atoms with Crippen molar-refractivity contribution in [2.24, 2.45) is 10.1 Å². The number of carbonyl (C=O) groups is 1. The molecule has 0 spiro atoms. The Balaban J connectivity index is 1.42. The number of aliphatic carboxylic acids is 1. The number of aliphatic imine (C=N–C) groups is 1. The smallest absolute Gasteiger partial charge is 0.303 e. The highest BCUT2D eigenvalue weighted by Crippen LogP contribution is 2.37. The van der Waals surface area contributed by atoms with E-state index in [1.54, 1.807) is 6.07 Å². The predicted molar refractivity (Wildman–Crippen MR) is 149 cm³/mol. The third kappa shape index (κ3) is 6.09. The van der Waals surface area contributed by atoms with Crippen LogP contribution in [0, 0.1) is 0 Å². The third-order valence-corrected chi connectivity index (χ3v) is 8.26. The summed E-state index contributed by atoms with van der Waals surface area (Å²) >= 11 is 14.5. The highest BCUT2D eigenvalue weighted by atomic mass is 35.5. The number of anilines is 1. The summed E-state index contributed by atoms with van der Waals surface area (Å²) in [6.07, 6.45) is -0.0108. The zero-order valence-corrected chi connectivity index (χ0v) is 22.8. The van der Waals surface area contributed by atoms with Crippen LogP contribution >= 0.6 is 35.1 Å². The average molecular weight is 583 g/mol. The summed E-state index contributed by atoms with van der Waals surface area (Å²) in [5.41, 5.74) is 3.02. The molecular formula is C26H27Cl2F2N5O2S. The Labute approximate surface area is 234 Å². The van der Waals surface area contributed by atoms with Gasteiger partial charge in [0, 0.05) is 65.8 Å². The molecule has 0 aliphatic carbocycles. The van der Waals surface area contributed by atoms with Crippen LogP contribution in [-0.4, -0.2) is 76.0 Å². The van der Waals surface area contributed by atoms with Crippen molar-refractivity contribution in [3.63, 3.8) is 0 Å². The number of hydrogen-bond acceptors (Lipinski definition) is 7. The minimum Gasteiger partial charge on any atom is -0.481 e. The second-order valence-electron chi connectivity index (χ2n) is 9.48. The predicted octanol–water partition coefficient (Wildman–Crippen LogP) is 5.85. The topological polar surface area (TPSA) is 71.7 Å². The lowest BCUT2D eigenvalue weighted by Crippen LogP contribution is -2.40. The van der Waals surface area contributed by atoms with Crippen molar-refractivity contribution in [1.82, 2.24) is 9.31 Å². The number of benzene rings is 2. The molecule has 7 nitrogen and oxygen atoms in total. The number of carboxylic acid groups (broad SMARTS) is 1. The third-order valence-electron chi connectivity index (χ3n) is 6.84. The normalized spacial score (nSPS) is 20.9. The van der Waals surface area contributed by atoms with Crippen LogP contribution in [0.15, 0.2) is 52.6 Å². The molecule has 0 aromatic heterocycles. The van der Waals surface area contributed by atoms with E-state index in [1.807, 2.05) is 45.7 Å². The van der Waals surface area contributed by atoms with Crippen molar-refractivity contribution < 1.29 is 18.7 Å². The van der Waals surface area contributed by atoms with Crippen molar-refractivity contribution in [1.29, 1.82) is 0 Å². The first kappa shape index (κ1) is 27.2. The molecule has 0 radical (unpaired) electrons. The molecule has 12 heteroatoms. The van der Waals surface area contributed by atoms with Gasteiger partial charge in [-0.05, 0) is 42.6 Å². The summed E-state index contributed by atoms with van der Waals surface area (Å²) in [4.78, 5) is 20.6. The Kier molecular flexibility index (Phi) is 8.14. The molecule has 38 heavy (non-hydrogen) atoms. The number of amidine groups is 1. The molecular weight excluding hydrogens is 555 g/mol. The van der Waals surface area contributed by atoms with E-state index in [9.17, 15) is 18.7 Å². The number of likely N-dealkylation sites (tertiary alicyclic amines) is 1. The van der Waals surface area contributed by atoms with Crippen molar-refractivity contribution >= 4 is 58.4 Å². The fourth-order valence-electron chi connectivity index (χ4n) is 4.83. The van der Waals surface area contributed by atoms with Crippen LogP contribution in [0.3, 0.4) is 0 Å². The molecule has 0 saturated carbocycles. The van der Waals surface area contributed by atoms with Crippen LogP contribution in [-0.2, 0) is 4.79 Å². The lowest BCUT2D eigenvalue weighted by atomic mass is 10.00. The first-order valence-electron chi connectivity index (χ1n) is 12.4. The number of halogens is 4. The van der Waals surface area contributed by atoms with Crippen LogP contribution in [0.25, 0.3) is 0 Å². The molecule has 1 atom stereocenters.